The van der Waals surface area contributed by atoms with E-state index in [-0.39, 0.29) is 12.0 Å². The number of methoxy groups -OCH3 is 1. The van der Waals surface area contributed by atoms with Crippen LogP contribution in [0, 0.1) is 0 Å². The van der Waals surface area contributed by atoms with Crippen molar-refractivity contribution in [3.8, 4) is 0 Å². The summed E-state index contributed by atoms with van der Waals surface area (Å²) in [4.78, 5) is 11.8. The van der Waals surface area contributed by atoms with Gasteiger partial charge in [0.15, 0.2) is 0 Å². The van der Waals surface area contributed by atoms with Crippen molar-refractivity contribution in [2.75, 3.05) is 18.2 Å². The van der Waals surface area contributed by atoms with E-state index in [1.165, 1.54) is 12.7 Å². The van der Waals surface area contributed by atoms with Crippen LogP contribution in [0.2, 0.25) is 0 Å². The molecule has 0 saturated heterocycles. The maximum Gasteiger partial charge on any atom is 0.340 e. The quantitative estimate of drug-likeness (QED) is 0.656. The van der Waals surface area contributed by atoms with Gasteiger partial charge >= 0.3 is 5.97 Å². The fourth-order valence-corrected chi connectivity index (χ4v) is 2.75. The molecule has 0 bridgehead atoms. The van der Waals surface area contributed by atoms with Gasteiger partial charge in [-0.1, -0.05) is 6.07 Å². The molecular formula is C15H18N2O2S. The number of thiophene rings is 1. The van der Waals surface area contributed by atoms with Crippen molar-refractivity contribution >= 4 is 28.7 Å². The van der Waals surface area contributed by atoms with Crippen LogP contribution in [0.25, 0.3) is 0 Å². The second kappa shape index (κ2) is 6.43. The molecule has 20 heavy (non-hydrogen) atoms. The van der Waals surface area contributed by atoms with Gasteiger partial charge in [-0.2, -0.15) is 11.3 Å². The zero-order valence-corrected chi connectivity index (χ0v) is 12.4. The van der Waals surface area contributed by atoms with Crippen molar-refractivity contribution in [1.29, 1.82) is 0 Å². The summed E-state index contributed by atoms with van der Waals surface area (Å²) in [5.41, 5.74) is 8.88. The van der Waals surface area contributed by atoms with E-state index in [1.807, 2.05) is 0 Å². The number of carbonyl (C=O) groups excluding carboxylic acids is 1. The van der Waals surface area contributed by atoms with Gasteiger partial charge in [0, 0.05) is 6.04 Å². The van der Waals surface area contributed by atoms with Gasteiger partial charge in [-0.05, 0) is 47.9 Å². The molecule has 0 amide bonds. The van der Waals surface area contributed by atoms with Crippen LogP contribution in [0.1, 0.15) is 22.8 Å². The highest BCUT2D eigenvalue weighted by Gasteiger charge is 2.16. The van der Waals surface area contributed by atoms with Gasteiger partial charge in [0.2, 0.25) is 0 Å². The lowest BCUT2D eigenvalue weighted by atomic mass is 10.1. The molecule has 1 aromatic heterocycles. The van der Waals surface area contributed by atoms with E-state index in [2.05, 4.69) is 29.1 Å². The molecule has 0 radical (unpaired) electrons. The first-order valence-electron chi connectivity index (χ1n) is 6.36. The minimum atomic E-state index is -0.387. The molecule has 0 aliphatic rings. The Balaban J connectivity index is 2.17. The zero-order chi connectivity index (χ0) is 14.5. The van der Waals surface area contributed by atoms with E-state index in [1.54, 1.807) is 29.5 Å². The fraction of sp³-hybridized carbons (Fsp3) is 0.267. The molecule has 0 spiro atoms. The third kappa shape index (κ3) is 3.30. The number of nitrogens with one attached hydrogen (secondary N) is 1. The molecule has 2 rings (SSSR count). The normalized spacial score (nSPS) is 11.9. The molecule has 4 nitrogen and oxygen atoms in total. The Bertz CT molecular complexity index is 582. The summed E-state index contributed by atoms with van der Waals surface area (Å²) < 4.78 is 4.79. The first-order valence-corrected chi connectivity index (χ1v) is 7.30. The van der Waals surface area contributed by atoms with E-state index in [0.29, 0.717) is 16.9 Å². The van der Waals surface area contributed by atoms with Crippen LogP contribution in [0.3, 0.4) is 0 Å². The lowest BCUT2D eigenvalue weighted by Gasteiger charge is -2.18. The van der Waals surface area contributed by atoms with E-state index in [0.717, 1.165) is 6.42 Å². The molecule has 3 N–H and O–H groups in total. The summed E-state index contributed by atoms with van der Waals surface area (Å²) in [7, 11) is 1.37. The van der Waals surface area contributed by atoms with Gasteiger partial charge in [0.1, 0.15) is 0 Å². The van der Waals surface area contributed by atoms with Crippen molar-refractivity contribution in [2.24, 2.45) is 0 Å². The Hall–Kier alpha value is -2.01. The monoisotopic (exact) mass is 290 g/mol. The van der Waals surface area contributed by atoms with Crippen molar-refractivity contribution < 1.29 is 9.53 Å². The van der Waals surface area contributed by atoms with Gasteiger partial charge in [-0.25, -0.2) is 4.79 Å². The highest BCUT2D eigenvalue weighted by molar-refractivity contribution is 7.07. The lowest BCUT2D eigenvalue weighted by Crippen LogP contribution is -2.21. The maximum atomic E-state index is 11.8. The Morgan fingerprint density at radius 1 is 1.45 bits per heavy atom. The number of esters is 1. The average Bonchev–Trinajstić information content (AvgIpc) is 2.93. The number of nitrogens with two attached hydrogens (primary N) is 1. The maximum absolute atomic E-state index is 11.8. The van der Waals surface area contributed by atoms with Crippen LogP contribution >= 0.6 is 11.3 Å². The summed E-state index contributed by atoms with van der Waals surface area (Å²) in [5, 5.41) is 7.48. The molecule has 106 valence electrons. The van der Waals surface area contributed by atoms with Crippen molar-refractivity contribution in [2.45, 2.75) is 19.4 Å². The molecule has 1 aromatic carbocycles. The number of hydrogen-bond donors (Lipinski definition) is 2. The fourth-order valence-electron chi connectivity index (χ4n) is 2.07. The summed E-state index contributed by atoms with van der Waals surface area (Å²) >= 11 is 1.68. The predicted molar refractivity (Wildman–Crippen MR) is 83.3 cm³/mol. The highest BCUT2D eigenvalue weighted by Crippen LogP contribution is 2.25. The SMILES string of the molecule is COC(=O)c1cccc(N)c1NC(C)Cc1ccsc1. The number of nitrogen functional groups attached to an aromatic ring is 1. The average molecular weight is 290 g/mol. The van der Waals surface area contributed by atoms with Gasteiger partial charge in [0.25, 0.3) is 0 Å². The molecule has 1 atom stereocenters. The van der Waals surface area contributed by atoms with E-state index >= 15 is 0 Å². The number of ether oxygens (including phenoxy) is 1. The largest absolute Gasteiger partial charge is 0.465 e. The lowest BCUT2D eigenvalue weighted by molar-refractivity contribution is 0.0602. The second-order valence-corrected chi connectivity index (χ2v) is 5.42. The van der Waals surface area contributed by atoms with Crippen molar-refractivity contribution in [1.82, 2.24) is 0 Å². The summed E-state index contributed by atoms with van der Waals surface area (Å²) in [6.45, 7) is 2.06. The first-order chi connectivity index (χ1) is 9.61. The molecule has 0 fully saturated rings. The molecule has 0 aliphatic heterocycles. The van der Waals surface area contributed by atoms with Crippen LogP contribution in [-0.4, -0.2) is 19.1 Å². The molecule has 5 heteroatoms. The smallest absolute Gasteiger partial charge is 0.340 e. The van der Waals surface area contributed by atoms with Crippen LogP contribution < -0.4 is 11.1 Å². The minimum Gasteiger partial charge on any atom is -0.465 e. The van der Waals surface area contributed by atoms with Crippen LogP contribution in [0.4, 0.5) is 11.4 Å². The van der Waals surface area contributed by atoms with Crippen molar-refractivity contribution in [3.05, 3.63) is 46.2 Å². The van der Waals surface area contributed by atoms with Gasteiger partial charge in [-0.15, -0.1) is 0 Å². The summed E-state index contributed by atoms with van der Waals surface area (Å²) in [6.07, 6.45) is 0.873. The number of carbonyl (C=O) groups is 1. The standard InChI is InChI=1S/C15H18N2O2S/c1-10(8-11-6-7-20-9-11)17-14-12(15(18)19-2)4-3-5-13(14)16/h3-7,9-10,17H,8,16H2,1-2H3. The highest BCUT2D eigenvalue weighted by atomic mass is 32.1. The first kappa shape index (κ1) is 14.4. The third-order valence-electron chi connectivity index (χ3n) is 3.01. The third-order valence-corrected chi connectivity index (χ3v) is 3.75. The molecule has 0 aliphatic carbocycles. The molecule has 2 aromatic rings. The van der Waals surface area contributed by atoms with Crippen LogP contribution in [0.5, 0.6) is 0 Å². The number of para-hydroxylation sites is 1. The molecule has 1 heterocycles. The Morgan fingerprint density at radius 3 is 2.90 bits per heavy atom. The second-order valence-electron chi connectivity index (χ2n) is 4.64. The number of anilines is 2. The van der Waals surface area contributed by atoms with Crippen molar-refractivity contribution in [3.63, 3.8) is 0 Å². The Labute approximate surface area is 122 Å². The summed E-state index contributed by atoms with van der Waals surface area (Å²) in [5.74, 6) is -0.387. The van der Waals surface area contributed by atoms with E-state index in [4.69, 9.17) is 10.5 Å². The zero-order valence-electron chi connectivity index (χ0n) is 11.6. The molecular weight excluding hydrogens is 272 g/mol. The van der Waals surface area contributed by atoms with Crippen LogP contribution in [0.15, 0.2) is 35.0 Å². The summed E-state index contributed by atoms with van der Waals surface area (Å²) in [6, 6.07) is 7.49. The van der Waals surface area contributed by atoms with E-state index in [9.17, 15) is 4.79 Å². The van der Waals surface area contributed by atoms with Gasteiger partial charge < -0.3 is 15.8 Å². The van der Waals surface area contributed by atoms with Gasteiger partial charge in [-0.3, -0.25) is 0 Å². The molecule has 1 unspecified atom stereocenters. The van der Waals surface area contributed by atoms with Gasteiger partial charge in [0.05, 0.1) is 24.0 Å². The molecule has 0 saturated carbocycles. The number of benzene rings is 1. The predicted octanol–water partition coefficient (Wildman–Crippen LogP) is 3.16. The Morgan fingerprint density at radius 2 is 2.25 bits per heavy atom. The van der Waals surface area contributed by atoms with E-state index < -0.39 is 0 Å². The minimum absolute atomic E-state index is 0.165. The number of rotatable bonds is 5. The Kier molecular flexibility index (Phi) is 4.63. The number of hydrogen-bond acceptors (Lipinski definition) is 5. The van der Waals surface area contributed by atoms with Crippen LogP contribution in [-0.2, 0) is 11.2 Å². The topological polar surface area (TPSA) is 64.3 Å².